The Morgan fingerprint density at radius 3 is 2.46 bits per heavy atom. The molecule has 0 radical (unpaired) electrons. The molecule has 186 valence electrons. The summed E-state index contributed by atoms with van der Waals surface area (Å²) < 4.78 is 13.2. The lowest BCUT2D eigenvalue weighted by molar-refractivity contribution is -0.156. The number of benzene rings is 1. The number of rotatable bonds is 6. The summed E-state index contributed by atoms with van der Waals surface area (Å²) in [6.45, 7) is 3.91. The summed E-state index contributed by atoms with van der Waals surface area (Å²) in [6.07, 6.45) is 6.55. The summed E-state index contributed by atoms with van der Waals surface area (Å²) in [4.78, 5) is 34.2. The van der Waals surface area contributed by atoms with Gasteiger partial charge in [-0.1, -0.05) is 12.1 Å². The van der Waals surface area contributed by atoms with Gasteiger partial charge in [0, 0.05) is 37.8 Å². The van der Waals surface area contributed by atoms with Gasteiger partial charge in [0.25, 0.3) is 0 Å². The summed E-state index contributed by atoms with van der Waals surface area (Å²) >= 11 is 0. The SMILES string of the molecule is Nc1cc(CN2CCC(C(=O)N3CCC4(CC3)C(=O)NC4CCc3ccc(F)cc3)CC2)ccn1. The van der Waals surface area contributed by atoms with Gasteiger partial charge in [-0.2, -0.15) is 0 Å². The van der Waals surface area contributed by atoms with Gasteiger partial charge in [0.05, 0.1) is 5.41 Å². The second-order valence-corrected chi connectivity index (χ2v) is 10.3. The fourth-order valence-corrected chi connectivity index (χ4v) is 5.98. The van der Waals surface area contributed by atoms with E-state index in [1.165, 1.54) is 12.1 Å². The van der Waals surface area contributed by atoms with Crippen molar-refractivity contribution >= 4 is 17.6 Å². The molecule has 1 aromatic carbocycles. The highest BCUT2D eigenvalue weighted by atomic mass is 19.1. The fourth-order valence-electron chi connectivity index (χ4n) is 5.98. The van der Waals surface area contributed by atoms with Gasteiger partial charge in [-0.25, -0.2) is 9.37 Å². The lowest BCUT2D eigenvalue weighted by Crippen LogP contribution is -2.70. The average Bonchev–Trinajstić information content (AvgIpc) is 2.87. The zero-order valence-electron chi connectivity index (χ0n) is 20.1. The molecule has 1 atom stereocenters. The molecule has 3 aliphatic heterocycles. The molecule has 0 bridgehead atoms. The van der Waals surface area contributed by atoms with Crippen molar-refractivity contribution in [2.75, 3.05) is 31.9 Å². The zero-order chi connectivity index (χ0) is 24.4. The number of hydrogen-bond donors (Lipinski definition) is 2. The van der Waals surface area contributed by atoms with E-state index >= 15 is 0 Å². The zero-order valence-corrected chi connectivity index (χ0v) is 20.1. The topological polar surface area (TPSA) is 91.6 Å². The number of halogens is 1. The van der Waals surface area contributed by atoms with E-state index in [-0.39, 0.29) is 35.0 Å². The van der Waals surface area contributed by atoms with E-state index < -0.39 is 0 Å². The Morgan fingerprint density at radius 1 is 1.09 bits per heavy atom. The van der Waals surface area contributed by atoms with Crippen LogP contribution in [0.15, 0.2) is 42.6 Å². The number of nitrogens with one attached hydrogen (secondary N) is 1. The number of piperidine rings is 2. The molecule has 8 heteroatoms. The minimum atomic E-state index is -0.355. The van der Waals surface area contributed by atoms with E-state index in [4.69, 9.17) is 5.73 Å². The minimum absolute atomic E-state index is 0.0623. The maximum atomic E-state index is 13.2. The summed E-state index contributed by atoms with van der Waals surface area (Å²) in [7, 11) is 0. The number of carbonyl (C=O) groups is 2. The fraction of sp³-hybridized carbons (Fsp3) is 0.519. The molecule has 3 N–H and O–H groups in total. The molecular formula is C27H34FN5O2. The Balaban J connectivity index is 1.09. The van der Waals surface area contributed by atoms with Crippen molar-refractivity contribution in [1.82, 2.24) is 20.1 Å². The molecule has 4 heterocycles. The number of nitrogens with zero attached hydrogens (tertiary/aromatic N) is 3. The molecule has 0 saturated carbocycles. The maximum absolute atomic E-state index is 13.2. The predicted molar refractivity (Wildman–Crippen MR) is 132 cm³/mol. The van der Waals surface area contributed by atoms with Gasteiger partial charge in [0.15, 0.2) is 0 Å². The van der Waals surface area contributed by atoms with E-state index in [9.17, 15) is 14.0 Å². The molecule has 3 saturated heterocycles. The summed E-state index contributed by atoms with van der Waals surface area (Å²) in [5.41, 5.74) is 7.66. The number of nitrogens with two attached hydrogens (primary N) is 1. The van der Waals surface area contributed by atoms with E-state index in [1.807, 2.05) is 29.2 Å². The van der Waals surface area contributed by atoms with Crippen LogP contribution in [0.1, 0.15) is 43.2 Å². The van der Waals surface area contributed by atoms with Crippen LogP contribution in [0.5, 0.6) is 0 Å². The van der Waals surface area contributed by atoms with Crippen LogP contribution >= 0.6 is 0 Å². The first-order valence-corrected chi connectivity index (χ1v) is 12.7. The standard InChI is InChI=1S/C27H34FN5O2/c28-22-4-1-19(2-5-22)3-6-23-27(26(35)31-23)10-15-33(16-11-27)25(34)21-8-13-32(14-9-21)18-20-7-12-30-24(29)17-20/h1-2,4-5,7,12,17,21,23H,3,6,8-11,13-16,18H2,(H2,29,30)(H,31,35). The number of pyridine rings is 1. The molecule has 1 unspecified atom stereocenters. The molecule has 3 fully saturated rings. The third kappa shape index (κ3) is 5.03. The van der Waals surface area contributed by atoms with Crippen LogP contribution in [-0.4, -0.2) is 58.8 Å². The first-order valence-electron chi connectivity index (χ1n) is 12.7. The molecule has 35 heavy (non-hydrogen) atoms. The molecule has 3 aliphatic rings. The molecule has 0 aliphatic carbocycles. The van der Waals surface area contributed by atoms with Crippen LogP contribution < -0.4 is 11.1 Å². The number of amides is 2. The van der Waals surface area contributed by atoms with Crippen LogP contribution in [0.25, 0.3) is 0 Å². The average molecular weight is 480 g/mol. The Labute approximate surface area is 205 Å². The summed E-state index contributed by atoms with van der Waals surface area (Å²) in [5.74, 6) is 0.735. The highest BCUT2D eigenvalue weighted by Crippen LogP contribution is 2.43. The van der Waals surface area contributed by atoms with Gasteiger partial charge < -0.3 is 16.0 Å². The molecule has 2 aromatic rings. The van der Waals surface area contributed by atoms with Crippen molar-refractivity contribution in [2.45, 2.75) is 51.1 Å². The number of likely N-dealkylation sites (tertiary alicyclic amines) is 2. The quantitative estimate of drug-likeness (QED) is 0.622. The Morgan fingerprint density at radius 2 is 1.80 bits per heavy atom. The molecule has 2 amide bonds. The van der Waals surface area contributed by atoms with Gasteiger partial charge >= 0.3 is 0 Å². The molecular weight excluding hydrogens is 445 g/mol. The van der Waals surface area contributed by atoms with E-state index in [0.29, 0.717) is 18.9 Å². The number of anilines is 1. The third-order valence-electron chi connectivity index (χ3n) is 8.22. The number of nitrogen functional groups attached to an aromatic ring is 1. The van der Waals surface area contributed by atoms with Crippen LogP contribution in [-0.2, 0) is 22.6 Å². The second-order valence-electron chi connectivity index (χ2n) is 10.3. The summed E-state index contributed by atoms with van der Waals surface area (Å²) in [6, 6.07) is 10.6. The molecule has 1 spiro atoms. The van der Waals surface area contributed by atoms with Gasteiger partial charge in [0.1, 0.15) is 11.6 Å². The number of aromatic nitrogens is 1. The largest absolute Gasteiger partial charge is 0.384 e. The highest BCUT2D eigenvalue weighted by Gasteiger charge is 2.55. The van der Waals surface area contributed by atoms with Crippen molar-refractivity contribution in [1.29, 1.82) is 0 Å². The third-order valence-corrected chi connectivity index (χ3v) is 8.22. The van der Waals surface area contributed by atoms with Gasteiger partial charge in [0.2, 0.25) is 11.8 Å². The highest BCUT2D eigenvalue weighted by molar-refractivity contribution is 5.90. The number of β-lactam (4-membered cyclic amide) rings is 1. The van der Waals surface area contributed by atoms with Gasteiger partial charge in [-0.15, -0.1) is 0 Å². The number of carbonyl (C=O) groups excluding carboxylic acids is 2. The van der Waals surface area contributed by atoms with Crippen molar-refractivity contribution < 1.29 is 14.0 Å². The van der Waals surface area contributed by atoms with Crippen LogP contribution in [0, 0.1) is 17.2 Å². The van der Waals surface area contributed by atoms with E-state index in [2.05, 4.69) is 15.2 Å². The Bertz CT molecular complexity index is 1060. The lowest BCUT2D eigenvalue weighted by Gasteiger charge is -2.53. The van der Waals surface area contributed by atoms with Crippen LogP contribution in [0.3, 0.4) is 0 Å². The van der Waals surface area contributed by atoms with Gasteiger partial charge in [-0.05, 0) is 87.0 Å². The number of hydrogen-bond acceptors (Lipinski definition) is 5. The number of aryl methyl sites for hydroxylation is 1. The predicted octanol–water partition coefficient (Wildman–Crippen LogP) is 2.75. The van der Waals surface area contributed by atoms with Crippen molar-refractivity contribution in [2.24, 2.45) is 11.3 Å². The molecule has 5 rings (SSSR count). The summed E-state index contributed by atoms with van der Waals surface area (Å²) in [5, 5.41) is 3.09. The maximum Gasteiger partial charge on any atom is 0.228 e. The van der Waals surface area contributed by atoms with Crippen molar-refractivity contribution in [3.05, 3.63) is 59.5 Å². The van der Waals surface area contributed by atoms with Gasteiger partial charge in [-0.3, -0.25) is 14.5 Å². The minimum Gasteiger partial charge on any atom is -0.384 e. The normalized spacial score (nSPS) is 22.6. The molecule has 7 nitrogen and oxygen atoms in total. The van der Waals surface area contributed by atoms with Crippen LogP contribution in [0.4, 0.5) is 10.2 Å². The van der Waals surface area contributed by atoms with Crippen LogP contribution in [0.2, 0.25) is 0 Å². The first kappa shape index (κ1) is 23.7. The Hall–Kier alpha value is -3.00. The Kier molecular flexibility index (Phi) is 6.73. The lowest BCUT2D eigenvalue weighted by atomic mass is 9.64. The smallest absolute Gasteiger partial charge is 0.228 e. The first-order chi connectivity index (χ1) is 16.9. The van der Waals surface area contributed by atoms with Crippen molar-refractivity contribution in [3.63, 3.8) is 0 Å². The molecule has 1 aromatic heterocycles. The van der Waals surface area contributed by atoms with E-state index in [0.717, 1.165) is 69.3 Å². The monoisotopic (exact) mass is 479 g/mol. The second kappa shape index (κ2) is 9.93. The van der Waals surface area contributed by atoms with Crippen molar-refractivity contribution in [3.8, 4) is 0 Å². The van der Waals surface area contributed by atoms with E-state index in [1.54, 1.807) is 6.20 Å².